The molecule has 3 heteroatoms. The van der Waals surface area contributed by atoms with E-state index in [2.05, 4.69) is 38.1 Å². The lowest BCUT2D eigenvalue weighted by molar-refractivity contribution is 0.318. The SMILES string of the molecule is CCO.CCOc1ccc(C(C)(C)c2ccc(OC)cc2)cc1. The highest BCUT2D eigenvalue weighted by Crippen LogP contribution is 2.33. The van der Waals surface area contributed by atoms with Crippen molar-refractivity contribution >= 4 is 0 Å². The molecule has 0 aliphatic carbocycles. The maximum atomic E-state index is 7.57. The minimum Gasteiger partial charge on any atom is -0.497 e. The van der Waals surface area contributed by atoms with Gasteiger partial charge < -0.3 is 14.6 Å². The second-order valence-corrected chi connectivity index (χ2v) is 5.63. The Hall–Kier alpha value is -2.00. The zero-order valence-corrected chi connectivity index (χ0v) is 14.8. The number of rotatable bonds is 5. The van der Waals surface area contributed by atoms with E-state index in [1.165, 1.54) is 11.1 Å². The molecule has 0 amide bonds. The molecule has 2 aromatic carbocycles. The van der Waals surface area contributed by atoms with Crippen LogP contribution in [-0.2, 0) is 5.41 Å². The van der Waals surface area contributed by atoms with Gasteiger partial charge in [0.05, 0.1) is 13.7 Å². The largest absolute Gasteiger partial charge is 0.497 e. The summed E-state index contributed by atoms with van der Waals surface area (Å²) in [5, 5.41) is 7.57. The van der Waals surface area contributed by atoms with Crippen molar-refractivity contribution in [1.29, 1.82) is 0 Å². The molecule has 0 aliphatic rings. The molecule has 2 rings (SSSR count). The van der Waals surface area contributed by atoms with Gasteiger partial charge in [0, 0.05) is 12.0 Å². The standard InChI is InChI=1S/C18H22O2.C2H6O/c1-5-20-17-12-8-15(9-13-17)18(2,3)14-6-10-16(19-4)11-7-14;1-2-3/h6-13H,5H2,1-4H3;3H,2H2,1H3. The number of hydrogen-bond donors (Lipinski definition) is 1. The molecular formula is C20H28O3. The lowest BCUT2D eigenvalue weighted by Gasteiger charge is -2.26. The normalized spacial score (nSPS) is 10.5. The molecule has 0 bridgehead atoms. The van der Waals surface area contributed by atoms with Gasteiger partial charge in [-0.15, -0.1) is 0 Å². The van der Waals surface area contributed by atoms with Crippen LogP contribution in [0, 0.1) is 0 Å². The summed E-state index contributed by atoms with van der Waals surface area (Å²) in [5.74, 6) is 1.80. The van der Waals surface area contributed by atoms with Gasteiger partial charge in [0.1, 0.15) is 11.5 Å². The predicted octanol–water partition coefficient (Wildman–Crippen LogP) is 4.42. The third-order valence-electron chi connectivity index (χ3n) is 3.70. The maximum absolute atomic E-state index is 7.57. The van der Waals surface area contributed by atoms with Crippen molar-refractivity contribution in [3.8, 4) is 11.5 Å². The summed E-state index contributed by atoms with van der Waals surface area (Å²) in [6, 6.07) is 16.6. The molecule has 0 heterocycles. The molecular weight excluding hydrogens is 288 g/mol. The highest BCUT2D eigenvalue weighted by atomic mass is 16.5. The third kappa shape index (κ3) is 5.29. The van der Waals surface area contributed by atoms with Gasteiger partial charge in [-0.2, -0.15) is 0 Å². The van der Waals surface area contributed by atoms with Crippen LogP contribution in [0.1, 0.15) is 38.8 Å². The zero-order chi connectivity index (χ0) is 17.3. The van der Waals surface area contributed by atoms with Crippen LogP contribution in [0.15, 0.2) is 48.5 Å². The van der Waals surface area contributed by atoms with E-state index in [1.807, 2.05) is 31.2 Å². The molecule has 0 fully saturated rings. The van der Waals surface area contributed by atoms with Gasteiger partial charge in [0.25, 0.3) is 0 Å². The van der Waals surface area contributed by atoms with Gasteiger partial charge >= 0.3 is 0 Å². The Morgan fingerprint density at radius 2 is 1.22 bits per heavy atom. The Balaban J connectivity index is 0.000000816. The predicted molar refractivity (Wildman–Crippen MR) is 95.5 cm³/mol. The van der Waals surface area contributed by atoms with Gasteiger partial charge in [-0.1, -0.05) is 38.1 Å². The lowest BCUT2D eigenvalue weighted by Crippen LogP contribution is -2.18. The van der Waals surface area contributed by atoms with Crippen LogP contribution in [0.25, 0.3) is 0 Å². The minimum absolute atomic E-state index is 0.0446. The molecule has 0 aliphatic heterocycles. The van der Waals surface area contributed by atoms with E-state index in [-0.39, 0.29) is 12.0 Å². The average molecular weight is 316 g/mol. The van der Waals surface area contributed by atoms with Crippen molar-refractivity contribution in [3.05, 3.63) is 59.7 Å². The first-order valence-corrected chi connectivity index (χ1v) is 7.98. The molecule has 0 radical (unpaired) electrons. The lowest BCUT2D eigenvalue weighted by atomic mass is 9.78. The fourth-order valence-corrected chi connectivity index (χ4v) is 2.31. The summed E-state index contributed by atoms with van der Waals surface area (Å²) in [6.45, 7) is 9.07. The summed E-state index contributed by atoms with van der Waals surface area (Å²) in [4.78, 5) is 0. The van der Waals surface area contributed by atoms with Crippen LogP contribution in [0.4, 0.5) is 0 Å². The first-order chi connectivity index (χ1) is 11.0. The summed E-state index contributed by atoms with van der Waals surface area (Å²) in [5.41, 5.74) is 2.49. The number of methoxy groups -OCH3 is 1. The minimum atomic E-state index is -0.0446. The molecule has 0 aromatic heterocycles. The van der Waals surface area contributed by atoms with E-state index in [0.29, 0.717) is 6.61 Å². The van der Waals surface area contributed by atoms with E-state index in [9.17, 15) is 0 Å². The van der Waals surface area contributed by atoms with Gasteiger partial charge in [0.2, 0.25) is 0 Å². The van der Waals surface area contributed by atoms with Crippen molar-refractivity contribution in [3.63, 3.8) is 0 Å². The number of hydrogen-bond acceptors (Lipinski definition) is 3. The van der Waals surface area contributed by atoms with E-state index >= 15 is 0 Å². The van der Waals surface area contributed by atoms with E-state index in [4.69, 9.17) is 14.6 Å². The van der Waals surface area contributed by atoms with E-state index in [0.717, 1.165) is 11.5 Å². The number of benzene rings is 2. The van der Waals surface area contributed by atoms with Crippen LogP contribution in [0.5, 0.6) is 11.5 Å². The molecule has 23 heavy (non-hydrogen) atoms. The molecule has 0 saturated carbocycles. The zero-order valence-electron chi connectivity index (χ0n) is 14.8. The van der Waals surface area contributed by atoms with E-state index < -0.39 is 0 Å². The van der Waals surface area contributed by atoms with Crippen LogP contribution in [0.2, 0.25) is 0 Å². The molecule has 3 nitrogen and oxygen atoms in total. The van der Waals surface area contributed by atoms with Crippen molar-refractivity contribution in [1.82, 2.24) is 0 Å². The maximum Gasteiger partial charge on any atom is 0.119 e. The molecule has 126 valence electrons. The number of ether oxygens (including phenoxy) is 2. The quantitative estimate of drug-likeness (QED) is 0.887. The monoisotopic (exact) mass is 316 g/mol. The van der Waals surface area contributed by atoms with Crippen LogP contribution >= 0.6 is 0 Å². The second-order valence-electron chi connectivity index (χ2n) is 5.63. The smallest absolute Gasteiger partial charge is 0.119 e. The van der Waals surface area contributed by atoms with Crippen LogP contribution in [-0.4, -0.2) is 25.4 Å². The Kier molecular flexibility index (Phi) is 7.63. The molecule has 1 N–H and O–H groups in total. The molecule has 0 atom stereocenters. The first kappa shape index (κ1) is 19.0. The number of aliphatic hydroxyl groups excluding tert-OH is 1. The number of aliphatic hydroxyl groups is 1. The van der Waals surface area contributed by atoms with Crippen molar-refractivity contribution in [2.24, 2.45) is 0 Å². The summed E-state index contributed by atoms with van der Waals surface area (Å²) in [7, 11) is 1.69. The molecule has 0 spiro atoms. The Morgan fingerprint density at radius 1 is 0.826 bits per heavy atom. The summed E-state index contributed by atoms with van der Waals surface area (Å²) >= 11 is 0. The highest BCUT2D eigenvalue weighted by Gasteiger charge is 2.23. The molecule has 0 saturated heterocycles. The molecule has 0 unspecified atom stereocenters. The Bertz CT molecular complexity index is 556. The van der Waals surface area contributed by atoms with Crippen molar-refractivity contribution in [2.45, 2.75) is 33.1 Å². The third-order valence-corrected chi connectivity index (χ3v) is 3.70. The highest BCUT2D eigenvalue weighted by molar-refractivity contribution is 5.41. The molecule has 2 aromatic rings. The second kappa shape index (κ2) is 9.21. The van der Waals surface area contributed by atoms with Gasteiger partial charge in [0.15, 0.2) is 0 Å². The fourth-order valence-electron chi connectivity index (χ4n) is 2.31. The van der Waals surface area contributed by atoms with Gasteiger partial charge in [-0.05, 0) is 49.2 Å². The van der Waals surface area contributed by atoms with E-state index in [1.54, 1.807) is 14.0 Å². The summed E-state index contributed by atoms with van der Waals surface area (Å²) < 4.78 is 10.7. The Labute approximate surface area is 139 Å². The fraction of sp³-hybridized carbons (Fsp3) is 0.400. The first-order valence-electron chi connectivity index (χ1n) is 7.98. The average Bonchev–Trinajstić information content (AvgIpc) is 2.56. The van der Waals surface area contributed by atoms with Crippen LogP contribution < -0.4 is 9.47 Å². The van der Waals surface area contributed by atoms with Gasteiger partial charge in [-0.3, -0.25) is 0 Å². The van der Waals surface area contributed by atoms with Crippen LogP contribution in [0.3, 0.4) is 0 Å². The topological polar surface area (TPSA) is 38.7 Å². The summed E-state index contributed by atoms with van der Waals surface area (Å²) in [6.07, 6.45) is 0. The van der Waals surface area contributed by atoms with Crippen molar-refractivity contribution < 1.29 is 14.6 Å². The van der Waals surface area contributed by atoms with Gasteiger partial charge in [-0.25, -0.2) is 0 Å². The Morgan fingerprint density at radius 3 is 1.57 bits per heavy atom. The van der Waals surface area contributed by atoms with Crippen molar-refractivity contribution in [2.75, 3.05) is 20.3 Å².